The van der Waals surface area contributed by atoms with Gasteiger partial charge in [0.25, 0.3) is 0 Å². The molecule has 5 heteroatoms. The van der Waals surface area contributed by atoms with E-state index >= 15 is 0 Å². The number of hydrogen-bond acceptors (Lipinski definition) is 5. The van der Waals surface area contributed by atoms with Gasteiger partial charge in [-0.3, -0.25) is 14.5 Å². The van der Waals surface area contributed by atoms with Crippen molar-refractivity contribution in [3.8, 4) is 0 Å². The molecule has 5 nitrogen and oxygen atoms in total. The number of methoxy groups -OCH3 is 1. The number of nitrogens with zero attached hydrogens (tertiary/aromatic N) is 1. The number of esters is 2. The molecule has 0 spiro atoms. The summed E-state index contributed by atoms with van der Waals surface area (Å²) < 4.78 is 9.79. The van der Waals surface area contributed by atoms with Crippen molar-refractivity contribution in [3.05, 3.63) is 0 Å². The van der Waals surface area contributed by atoms with Gasteiger partial charge in [-0.05, 0) is 6.42 Å². The lowest BCUT2D eigenvalue weighted by Crippen LogP contribution is -2.27. The number of likely N-dealkylation sites (tertiary alicyclic amines) is 1. The van der Waals surface area contributed by atoms with Crippen LogP contribution in [0.2, 0.25) is 0 Å². The second kappa shape index (κ2) is 9.88. The van der Waals surface area contributed by atoms with Gasteiger partial charge in [0.15, 0.2) is 0 Å². The van der Waals surface area contributed by atoms with Crippen molar-refractivity contribution in [1.29, 1.82) is 0 Å². The Labute approximate surface area is 109 Å². The van der Waals surface area contributed by atoms with Crippen molar-refractivity contribution >= 4 is 11.9 Å². The van der Waals surface area contributed by atoms with E-state index in [1.165, 1.54) is 7.11 Å². The minimum atomic E-state index is -0.200. The minimum absolute atomic E-state index is 0.00917. The van der Waals surface area contributed by atoms with Gasteiger partial charge >= 0.3 is 11.9 Å². The maximum Gasteiger partial charge on any atom is 0.306 e. The molecule has 0 saturated carbocycles. The Kier molecular flexibility index (Phi) is 9.28. The molecule has 1 fully saturated rings. The normalized spacial score (nSPS) is 18.8. The van der Waals surface area contributed by atoms with Crippen LogP contribution in [0, 0.1) is 0 Å². The van der Waals surface area contributed by atoms with Crippen molar-refractivity contribution in [2.75, 3.05) is 26.7 Å². The summed E-state index contributed by atoms with van der Waals surface area (Å²) in [6.07, 6.45) is 1.65. The summed E-state index contributed by atoms with van der Waals surface area (Å²) in [5.41, 5.74) is 0. The molecular weight excluding hydrogens is 234 g/mol. The van der Waals surface area contributed by atoms with Crippen molar-refractivity contribution < 1.29 is 19.1 Å². The Morgan fingerprint density at radius 2 is 1.94 bits per heavy atom. The van der Waals surface area contributed by atoms with Crippen LogP contribution in [-0.2, 0) is 19.1 Å². The van der Waals surface area contributed by atoms with Crippen LogP contribution in [0.4, 0.5) is 0 Å². The molecule has 0 radical (unpaired) electrons. The van der Waals surface area contributed by atoms with E-state index in [-0.39, 0.29) is 18.0 Å². The van der Waals surface area contributed by atoms with E-state index in [0.717, 1.165) is 19.5 Å². The monoisotopic (exact) mass is 259 g/mol. The van der Waals surface area contributed by atoms with Crippen LogP contribution >= 0.6 is 0 Å². The van der Waals surface area contributed by atoms with E-state index in [2.05, 4.69) is 9.64 Å². The van der Waals surface area contributed by atoms with Gasteiger partial charge in [-0.2, -0.15) is 0 Å². The summed E-state index contributed by atoms with van der Waals surface area (Å²) in [5, 5.41) is 0. The third-order valence-corrected chi connectivity index (χ3v) is 2.68. The molecule has 1 aliphatic heterocycles. The molecule has 0 amide bonds. The van der Waals surface area contributed by atoms with Gasteiger partial charge < -0.3 is 9.47 Å². The minimum Gasteiger partial charge on any atom is -0.469 e. The van der Waals surface area contributed by atoms with E-state index in [1.807, 2.05) is 13.8 Å². The third kappa shape index (κ3) is 6.59. The van der Waals surface area contributed by atoms with Crippen LogP contribution in [0.1, 0.15) is 40.0 Å². The Balaban J connectivity index is 0.00000137. The lowest BCUT2D eigenvalue weighted by atomic mass is 10.3. The third-order valence-electron chi connectivity index (χ3n) is 2.68. The smallest absolute Gasteiger partial charge is 0.306 e. The molecule has 1 heterocycles. The number of carbonyl (C=O) groups is 2. The zero-order valence-corrected chi connectivity index (χ0v) is 11.9. The summed E-state index contributed by atoms with van der Waals surface area (Å²) in [6.45, 7) is 8.06. The number of rotatable bonds is 5. The molecule has 1 unspecified atom stereocenters. The van der Waals surface area contributed by atoms with E-state index in [1.54, 1.807) is 6.92 Å². The molecule has 1 aliphatic rings. The van der Waals surface area contributed by atoms with Crippen LogP contribution in [0.5, 0.6) is 0 Å². The second-order valence-electron chi connectivity index (χ2n) is 3.88. The highest BCUT2D eigenvalue weighted by atomic mass is 16.5. The van der Waals surface area contributed by atoms with E-state index in [4.69, 9.17) is 4.74 Å². The van der Waals surface area contributed by atoms with Gasteiger partial charge in [0.05, 0.1) is 13.5 Å². The predicted octanol–water partition coefficient (Wildman–Crippen LogP) is 1.60. The Morgan fingerprint density at radius 3 is 2.50 bits per heavy atom. The summed E-state index contributed by atoms with van der Waals surface area (Å²) in [5.74, 6) is -0.353. The molecule has 18 heavy (non-hydrogen) atoms. The molecule has 1 rings (SSSR count). The summed E-state index contributed by atoms with van der Waals surface area (Å²) in [4.78, 5) is 24.1. The van der Waals surface area contributed by atoms with Gasteiger partial charge in [-0.15, -0.1) is 0 Å². The van der Waals surface area contributed by atoms with Crippen LogP contribution < -0.4 is 0 Å². The summed E-state index contributed by atoms with van der Waals surface area (Å²) in [6, 6.07) is 0. The van der Waals surface area contributed by atoms with Gasteiger partial charge in [-0.1, -0.05) is 20.8 Å². The van der Waals surface area contributed by atoms with E-state index in [9.17, 15) is 9.59 Å². The van der Waals surface area contributed by atoms with Crippen molar-refractivity contribution in [2.24, 2.45) is 0 Å². The molecule has 0 N–H and O–H groups in total. The van der Waals surface area contributed by atoms with Crippen LogP contribution in [-0.4, -0.2) is 49.7 Å². The zero-order chi connectivity index (χ0) is 14.0. The highest BCUT2D eigenvalue weighted by molar-refractivity contribution is 5.69. The molecule has 1 saturated heterocycles. The molecule has 1 atom stereocenters. The summed E-state index contributed by atoms with van der Waals surface area (Å²) in [7, 11) is 1.39. The molecular formula is C13H25NO4. The molecule has 0 aliphatic carbocycles. The first kappa shape index (κ1) is 16.9. The first-order valence-corrected chi connectivity index (χ1v) is 6.64. The van der Waals surface area contributed by atoms with E-state index in [0.29, 0.717) is 19.4 Å². The lowest BCUT2D eigenvalue weighted by molar-refractivity contribution is -0.148. The molecule has 0 bridgehead atoms. The predicted molar refractivity (Wildman–Crippen MR) is 69.2 cm³/mol. The van der Waals surface area contributed by atoms with E-state index < -0.39 is 0 Å². The molecule has 0 aromatic carbocycles. The van der Waals surface area contributed by atoms with Gasteiger partial charge in [-0.25, -0.2) is 0 Å². The Bertz CT molecular complexity index is 255. The Hall–Kier alpha value is -1.10. The number of carbonyl (C=O) groups excluding carboxylic acids is 2. The SMILES string of the molecule is CC.CCC(=O)OC1CCN(CCC(=O)OC)C1. The van der Waals surface area contributed by atoms with Crippen LogP contribution in [0.3, 0.4) is 0 Å². The largest absolute Gasteiger partial charge is 0.469 e. The van der Waals surface area contributed by atoms with Gasteiger partial charge in [0, 0.05) is 26.1 Å². The topological polar surface area (TPSA) is 55.8 Å². The highest BCUT2D eigenvalue weighted by Gasteiger charge is 2.25. The van der Waals surface area contributed by atoms with Gasteiger partial charge in [0.1, 0.15) is 6.10 Å². The fourth-order valence-electron chi connectivity index (χ4n) is 1.72. The average Bonchev–Trinajstić information content (AvgIpc) is 2.85. The lowest BCUT2D eigenvalue weighted by Gasteiger charge is -2.15. The quantitative estimate of drug-likeness (QED) is 0.702. The maximum absolute atomic E-state index is 11.1. The molecule has 0 aromatic heterocycles. The fraction of sp³-hybridized carbons (Fsp3) is 0.846. The first-order chi connectivity index (χ1) is 8.65. The summed E-state index contributed by atoms with van der Waals surface area (Å²) >= 11 is 0. The van der Waals surface area contributed by atoms with Gasteiger partial charge in [0.2, 0.25) is 0 Å². The fourth-order valence-corrected chi connectivity index (χ4v) is 1.72. The maximum atomic E-state index is 11.1. The second-order valence-corrected chi connectivity index (χ2v) is 3.88. The number of ether oxygens (including phenoxy) is 2. The Morgan fingerprint density at radius 1 is 1.28 bits per heavy atom. The molecule has 0 aromatic rings. The van der Waals surface area contributed by atoms with Crippen molar-refractivity contribution in [1.82, 2.24) is 4.90 Å². The van der Waals surface area contributed by atoms with Crippen LogP contribution in [0.25, 0.3) is 0 Å². The van der Waals surface area contributed by atoms with Crippen molar-refractivity contribution in [2.45, 2.75) is 46.1 Å². The first-order valence-electron chi connectivity index (χ1n) is 6.64. The number of hydrogen-bond donors (Lipinski definition) is 0. The molecule has 106 valence electrons. The highest BCUT2D eigenvalue weighted by Crippen LogP contribution is 2.13. The standard InChI is InChI=1S/C11H19NO4.C2H6/c1-3-10(13)16-9-4-6-12(8-9)7-5-11(14)15-2;1-2/h9H,3-8H2,1-2H3;1-2H3. The zero-order valence-electron chi connectivity index (χ0n) is 11.9. The van der Waals surface area contributed by atoms with Crippen LogP contribution in [0.15, 0.2) is 0 Å². The average molecular weight is 259 g/mol. The van der Waals surface area contributed by atoms with Crippen molar-refractivity contribution in [3.63, 3.8) is 0 Å².